The average Bonchev–Trinajstić information content (AvgIpc) is 3.08. The summed E-state index contributed by atoms with van der Waals surface area (Å²) in [5, 5.41) is 3.43. The van der Waals surface area contributed by atoms with Crippen LogP contribution in [0.25, 0.3) is 5.95 Å². The smallest absolute Gasteiger partial charge is 0.241 e. The van der Waals surface area contributed by atoms with Crippen LogP contribution in [0.2, 0.25) is 5.28 Å². The molecule has 2 aromatic rings. The molecule has 0 amide bonds. The number of nitrogens with one attached hydrogen (secondary N) is 1. The number of halogens is 1. The summed E-state index contributed by atoms with van der Waals surface area (Å²) >= 11 is 5.96. The largest absolute Gasteiger partial charge is 0.379 e. The molecule has 1 N–H and O–H groups in total. The van der Waals surface area contributed by atoms with Gasteiger partial charge in [0.1, 0.15) is 6.33 Å². The maximum Gasteiger partial charge on any atom is 0.241 e. The van der Waals surface area contributed by atoms with Crippen molar-refractivity contribution in [3.8, 4) is 5.95 Å². The van der Waals surface area contributed by atoms with E-state index in [9.17, 15) is 0 Å². The molecule has 0 spiro atoms. The number of ether oxygens (including phenoxy) is 1. The number of aromatic nitrogens is 5. The second-order valence-corrected chi connectivity index (χ2v) is 4.99. The van der Waals surface area contributed by atoms with Gasteiger partial charge in [-0.3, -0.25) is 4.57 Å². The molecule has 2 aromatic heterocycles. The van der Waals surface area contributed by atoms with E-state index < -0.39 is 0 Å². The molecule has 1 aliphatic rings. The highest BCUT2D eigenvalue weighted by molar-refractivity contribution is 6.28. The van der Waals surface area contributed by atoms with Crippen LogP contribution in [-0.2, 0) is 4.74 Å². The minimum atomic E-state index is 0.151. The highest BCUT2D eigenvalue weighted by Crippen LogP contribution is 2.24. The molecule has 0 radical (unpaired) electrons. The van der Waals surface area contributed by atoms with E-state index in [2.05, 4.69) is 25.3 Å². The Morgan fingerprint density at radius 2 is 2.25 bits per heavy atom. The molecule has 0 aromatic carbocycles. The van der Waals surface area contributed by atoms with Gasteiger partial charge in [-0.15, -0.1) is 0 Å². The lowest BCUT2D eigenvalue weighted by atomic mass is 10.2. The molecule has 2 unspecified atom stereocenters. The lowest BCUT2D eigenvalue weighted by molar-refractivity contribution is 0.101. The van der Waals surface area contributed by atoms with Crippen molar-refractivity contribution in [1.29, 1.82) is 0 Å². The zero-order valence-corrected chi connectivity index (χ0v) is 11.8. The SMILES string of the molecule is COC1CCCC1Nc1nc(Cl)nc(-n2ccnc2)n1. The monoisotopic (exact) mass is 294 g/mol. The summed E-state index contributed by atoms with van der Waals surface area (Å²) in [5.41, 5.74) is 0. The maximum atomic E-state index is 5.96. The molecule has 0 saturated heterocycles. The summed E-state index contributed by atoms with van der Waals surface area (Å²) in [6.07, 6.45) is 8.41. The zero-order chi connectivity index (χ0) is 13.9. The van der Waals surface area contributed by atoms with E-state index in [-0.39, 0.29) is 17.4 Å². The molecule has 106 valence electrons. The fourth-order valence-electron chi connectivity index (χ4n) is 2.44. The molecule has 2 heterocycles. The first kappa shape index (κ1) is 13.3. The zero-order valence-electron chi connectivity index (χ0n) is 11.0. The van der Waals surface area contributed by atoms with Gasteiger partial charge in [0.25, 0.3) is 0 Å². The Morgan fingerprint density at radius 1 is 1.35 bits per heavy atom. The highest BCUT2D eigenvalue weighted by atomic mass is 35.5. The summed E-state index contributed by atoms with van der Waals surface area (Å²) in [6.45, 7) is 0. The molecule has 20 heavy (non-hydrogen) atoms. The first-order valence-electron chi connectivity index (χ1n) is 6.45. The Labute approximate surface area is 121 Å². The van der Waals surface area contributed by atoms with Gasteiger partial charge in [0.05, 0.1) is 12.1 Å². The van der Waals surface area contributed by atoms with Gasteiger partial charge in [-0.1, -0.05) is 0 Å². The molecule has 0 aliphatic heterocycles. The lowest BCUT2D eigenvalue weighted by Gasteiger charge is -2.19. The van der Waals surface area contributed by atoms with Crippen LogP contribution in [0.3, 0.4) is 0 Å². The van der Waals surface area contributed by atoms with Crippen molar-refractivity contribution in [2.24, 2.45) is 0 Å². The molecular weight excluding hydrogens is 280 g/mol. The van der Waals surface area contributed by atoms with Crippen molar-refractivity contribution >= 4 is 17.5 Å². The van der Waals surface area contributed by atoms with E-state index in [1.165, 1.54) is 0 Å². The topological polar surface area (TPSA) is 77.8 Å². The number of anilines is 1. The standard InChI is InChI=1S/C12H15ClN6O/c1-20-9-4-2-3-8(9)15-11-16-10(13)17-12(18-11)19-6-5-14-7-19/h5-9H,2-4H2,1H3,(H,15,16,17,18). The third kappa shape index (κ3) is 2.73. The molecule has 1 aliphatic carbocycles. The minimum absolute atomic E-state index is 0.151. The van der Waals surface area contributed by atoms with Gasteiger partial charge < -0.3 is 10.1 Å². The summed E-state index contributed by atoms with van der Waals surface area (Å²) in [7, 11) is 1.72. The predicted octanol–water partition coefficient (Wildman–Crippen LogP) is 1.69. The van der Waals surface area contributed by atoms with Crippen molar-refractivity contribution in [1.82, 2.24) is 24.5 Å². The molecule has 7 nitrogen and oxygen atoms in total. The van der Waals surface area contributed by atoms with Gasteiger partial charge in [0, 0.05) is 19.5 Å². The summed E-state index contributed by atoms with van der Waals surface area (Å²) in [6, 6.07) is 0.203. The summed E-state index contributed by atoms with van der Waals surface area (Å²) < 4.78 is 7.13. The molecule has 1 fully saturated rings. The van der Waals surface area contributed by atoms with Crippen LogP contribution in [0.5, 0.6) is 0 Å². The maximum absolute atomic E-state index is 5.96. The van der Waals surface area contributed by atoms with Crippen LogP contribution in [0.15, 0.2) is 18.7 Å². The quantitative estimate of drug-likeness (QED) is 0.924. The van der Waals surface area contributed by atoms with Gasteiger partial charge >= 0.3 is 0 Å². The number of hydrogen-bond donors (Lipinski definition) is 1. The second-order valence-electron chi connectivity index (χ2n) is 4.65. The Hall–Kier alpha value is -1.73. The van der Waals surface area contributed by atoms with Crippen molar-refractivity contribution in [3.63, 3.8) is 0 Å². The fraction of sp³-hybridized carbons (Fsp3) is 0.500. The number of nitrogens with zero attached hydrogens (tertiary/aromatic N) is 5. The first-order chi connectivity index (χ1) is 9.76. The molecule has 0 bridgehead atoms. The van der Waals surface area contributed by atoms with Gasteiger partial charge in [-0.25, -0.2) is 4.98 Å². The molecule has 1 saturated carbocycles. The Morgan fingerprint density at radius 3 is 3.00 bits per heavy atom. The third-order valence-corrected chi connectivity index (χ3v) is 3.57. The molecular formula is C12H15ClN6O. The van der Waals surface area contributed by atoms with Crippen LogP contribution in [-0.4, -0.2) is 43.8 Å². The van der Waals surface area contributed by atoms with Crippen LogP contribution in [0.4, 0.5) is 5.95 Å². The summed E-state index contributed by atoms with van der Waals surface area (Å²) in [4.78, 5) is 16.5. The van der Waals surface area contributed by atoms with E-state index in [4.69, 9.17) is 16.3 Å². The van der Waals surface area contributed by atoms with Crippen molar-refractivity contribution < 1.29 is 4.74 Å². The molecule has 2 atom stereocenters. The van der Waals surface area contributed by atoms with Crippen LogP contribution >= 0.6 is 11.6 Å². The number of methoxy groups -OCH3 is 1. The minimum Gasteiger partial charge on any atom is -0.379 e. The van der Waals surface area contributed by atoms with Crippen LogP contribution in [0.1, 0.15) is 19.3 Å². The predicted molar refractivity (Wildman–Crippen MR) is 74.0 cm³/mol. The van der Waals surface area contributed by atoms with Crippen molar-refractivity contribution in [2.45, 2.75) is 31.4 Å². The van der Waals surface area contributed by atoms with Crippen LogP contribution < -0.4 is 5.32 Å². The van der Waals surface area contributed by atoms with Gasteiger partial charge in [-0.2, -0.15) is 15.0 Å². The highest BCUT2D eigenvalue weighted by Gasteiger charge is 2.27. The number of hydrogen-bond acceptors (Lipinski definition) is 6. The Balaban J connectivity index is 1.83. The van der Waals surface area contributed by atoms with E-state index in [1.54, 1.807) is 30.4 Å². The summed E-state index contributed by atoms with van der Waals surface area (Å²) in [5.74, 6) is 0.902. The lowest BCUT2D eigenvalue weighted by Crippen LogP contribution is -2.30. The molecule has 8 heteroatoms. The van der Waals surface area contributed by atoms with Gasteiger partial charge in [0.2, 0.25) is 17.2 Å². The van der Waals surface area contributed by atoms with E-state index in [1.807, 2.05) is 0 Å². The van der Waals surface area contributed by atoms with E-state index in [0.29, 0.717) is 11.9 Å². The second kappa shape index (κ2) is 5.72. The van der Waals surface area contributed by atoms with E-state index >= 15 is 0 Å². The number of rotatable bonds is 4. The van der Waals surface area contributed by atoms with Gasteiger partial charge in [-0.05, 0) is 30.9 Å². The third-order valence-electron chi connectivity index (χ3n) is 3.40. The van der Waals surface area contributed by atoms with Crippen molar-refractivity contribution in [2.75, 3.05) is 12.4 Å². The molecule has 3 rings (SSSR count). The fourth-order valence-corrected chi connectivity index (χ4v) is 2.59. The van der Waals surface area contributed by atoms with E-state index in [0.717, 1.165) is 19.3 Å². The Kier molecular flexibility index (Phi) is 3.79. The average molecular weight is 295 g/mol. The normalized spacial score (nSPS) is 22.1. The van der Waals surface area contributed by atoms with Gasteiger partial charge in [0.15, 0.2) is 0 Å². The van der Waals surface area contributed by atoms with Crippen molar-refractivity contribution in [3.05, 3.63) is 24.0 Å². The first-order valence-corrected chi connectivity index (χ1v) is 6.83. The van der Waals surface area contributed by atoms with Crippen LogP contribution in [0, 0.1) is 0 Å². The number of imidazole rings is 1. The Bertz CT molecular complexity index is 575.